The van der Waals surface area contributed by atoms with Crippen molar-refractivity contribution in [2.24, 2.45) is 0 Å². The second-order valence-electron chi connectivity index (χ2n) is 1.75. The maximum Gasteiger partial charge on any atom is 0.284 e. The third-order valence-corrected chi connectivity index (χ3v) is 2.98. The predicted molar refractivity (Wildman–Crippen MR) is 46.1 cm³/mol. The first kappa shape index (κ1) is 8.89. The molecule has 0 bridgehead atoms. The molecule has 0 aliphatic rings. The van der Waals surface area contributed by atoms with E-state index in [4.69, 9.17) is 5.11 Å². The SMILES string of the molecule is O=c1c(Br)c(Br)cnn1CO. The first-order valence-corrected chi connectivity index (χ1v) is 4.27. The van der Waals surface area contributed by atoms with Crippen LogP contribution in [0.15, 0.2) is 19.9 Å². The molecule has 0 amide bonds. The Kier molecular flexibility index (Phi) is 2.80. The van der Waals surface area contributed by atoms with Crippen LogP contribution in [0.3, 0.4) is 0 Å². The fraction of sp³-hybridized carbons (Fsp3) is 0.200. The first-order chi connectivity index (χ1) is 5.16. The van der Waals surface area contributed by atoms with Gasteiger partial charge in [-0.1, -0.05) is 0 Å². The van der Waals surface area contributed by atoms with Crippen LogP contribution in [-0.2, 0) is 6.73 Å². The van der Waals surface area contributed by atoms with E-state index in [2.05, 4.69) is 37.0 Å². The third-order valence-electron chi connectivity index (χ3n) is 1.08. The van der Waals surface area contributed by atoms with Gasteiger partial charge < -0.3 is 5.11 Å². The minimum atomic E-state index is -0.412. The predicted octanol–water partition coefficient (Wildman–Crippen LogP) is 0.718. The zero-order valence-corrected chi connectivity index (χ0v) is 8.46. The number of aromatic nitrogens is 2. The van der Waals surface area contributed by atoms with Crippen molar-refractivity contribution >= 4 is 31.9 Å². The number of aliphatic hydroxyl groups excluding tert-OH is 1. The van der Waals surface area contributed by atoms with Gasteiger partial charge in [-0.05, 0) is 31.9 Å². The van der Waals surface area contributed by atoms with Crippen LogP contribution in [0.4, 0.5) is 0 Å². The Hall–Kier alpha value is -0.200. The van der Waals surface area contributed by atoms with E-state index >= 15 is 0 Å². The summed E-state index contributed by atoms with van der Waals surface area (Å²) in [4.78, 5) is 11.1. The van der Waals surface area contributed by atoms with Gasteiger partial charge in [0.2, 0.25) is 0 Å². The fourth-order valence-electron chi connectivity index (χ4n) is 0.546. The van der Waals surface area contributed by atoms with E-state index in [1.165, 1.54) is 6.20 Å². The lowest BCUT2D eigenvalue weighted by Crippen LogP contribution is -2.23. The Bertz CT molecular complexity index is 323. The van der Waals surface area contributed by atoms with Crippen LogP contribution in [-0.4, -0.2) is 14.9 Å². The van der Waals surface area contributed by atoms with E-state index < -0.39 is 6.73 Å². The Morgan fingerprint density at radius 1 is 1.64 bits per heavy atom. The summed E-state index contributed by atoms with van der Waals surface area (Å²) in [6.45, 7) is -0.412. The van der Waals surface area contributed by atoms with Crippen LogP contribution in [0.25, 0.3) is 0 Å². The van der Waals surface area contributed by atoms with Crippen LogP contribution in [0, 0.1) is 0 Å². The molecule has 11 heavy (non-hydrogen) atoms. The zero-order chi connectivity index (χ0) is 8.43. The Morgan fingerprint density at radius 2 is 2.27 bits per heavy atom. The van der Waals surface area contributed by atoms with Gasteiger partial charge in [0.15, 0.2) is 0 Å². The molecule has 0 unspecified atom stereocenters. The van der Waals surface area contributed by atoms with Crippen LogP contribution in [0.5, 0.6) is 0 Å². The summed E-state index contributed by atoms with van der Waals surface area (Å²) >= 11 is 6.14. The molecule has 1 rings (SSSR count). The number of halogens is 2. The Balaban J connectivity index is 3.37. The maximum atomic E-state index is 11.1. The van der Waals surface area contributed by atoms with Crippen molar-refractivity contribution in [3.05, 3.63) is 25.5 Å². The lowest BCUT2D eigenvalue weighted by molar-refractivity contribution is 0.188. The van der Waals surface area contributed by atoms with Gasteiger partial charge in [-0.2, -0.15) is 5.10 Å². The molecule has 0 aliphatic carbocycles. The van der Waals surface area contributed by atoms with Gasteiger partial charge in [0.05, 0.1) is 10.7 Å². The molecule has 0 radical (unpaired) electrons. The van der Waals surface area contributed by atoms with Crippen LogP contribution >= 0.6 is 31.9 Å². The Morgan fingerprint density at radius 3 is 2.82 bits per heavy atom. The summed E-state index contributed by atoms with van der Waals surface area (Å²) in [5.74, 6) is 0. The summed E-state index contributed by atoms with van der Waals surface area (Å²) in [5.41, 5.74) is -0.359. The molecule has 1 aromatic rings. The van der Waals surface area contributed by atoms with Crippen molar-refractivity contribution < 1.29 is 5.11 Å². The molecular formula is C5H4Br2N2O2. The number of nitrogens with zero attached hydrogens (tertiary/aromatic N) is 2. The molecule has 60 valence electrons. The lowest BCUT2D eigenvalue weighted by Gasteiger charge is -1.99. The zero-order valence-electron chi connectivity index (χ0n) is 5.29. The highest BCUT2D eigenvalue weighted by molar-refractivity contribution is 9.13. The molecule has 1 heterocycles. The highest BCUT2D eigenvalue weighted by atomic mass is 79.9. The van der Waals surface area contributed by atoms with Gasteiger partial charge in [0.1, 0.15) is 11.2 Å². The summed E-state index contributed by atoms with van der Waals surface area (Å²) in [6, 6.07) is 0. The van der Waals surface area contributed by atoms with Crippen molar-refractivity contribution in [1.82, 2.24) is 9.78 Å². The quantitative estimate of drug-likeness (QED) is 0.826. The van der Waals surface area contributed by atoms with E-state index in [9.17, 15) is 4.79 Å². The summed E-state index contributed by atoms with van der Waals surface area (Å²) in [7, 11) is 0. The highest BCUT2D eigenvalue weighted by Crippen LogP contribution is 2.15. The topological polar surface area (TPSA) is 55.1 Å². The van der Waals surface area contributed by atoms with Crippen molar-refractivity contribution in [1.29, 1.82) is 0 Å². The maximum absolute atomic E-state index is 11.1. The third kappa shape index (κ3) is 1.69. The molecular weight excluding hydrogens is 280 g/mol. The number of hydrogen-bond donors (Lipinski definition) is 1. The van der Waals surface area contributed by atoms with Gasteiger partial charge in [-0.25, -0.2) is 4.68 Å². The molecule has 6 heteroatoms. The van der Waals surface area contributed by atoms with Crippen molar-refractivity contribution in [2.75, 3.05) is 0 Å². The van der Waals surface area contributed by atoms with E-state index in [1.54, 1.807) is 0 Å². The second-order valence-corrected chi connectivity index (χ2v) is 3.40. The monoisotopic (exact) mass is 282 g/mol. The summed E-state index contributed by atoms with van der Waals surface area (Å²) in [6.07, 6.45) is 1.43. The van der Waals surface area contributed by atoms with Crippen LogP contribution < -0.4 is 5.56 Å². The molecule has 1 aromatic heterocycles. The van der Waals surface area contributed by atoms with E-state index in [1.807, 2.05) is 0 Å². The van der Waals surface area contributed by atoms with Gasteiger partial charge >= 0.3 is 0 Å². The number of rotatable bonds is 1. The minimum Gasteiger partial charge on any atom is -0.374 e. The lowest BCUT2D eigenvalue weighted by atomic mass is 10.6. The highest BCUT2D eigenvalue weighted by Gasteiger charge is 2.04. The number of aliphatic hydroxyl groups is 1. The van der Waals surface area contributed by atoms with Crippen LogP contribution in [0.2, 0.25) is 0 Å². The Labute approximate surface area is 79.1 Å². The van der Waals surface area contributed by atoms with Gasteiger partial charge in [0, 0.05) is 0 Å². The standard InChI is InChI=1S/C5H4Br2N2O2/c6-3-1-8-9(2-10)5(11)4(3)7/h1,10H,2H2. The van der Waals surface area contributed by atoms with E-state index in [0.717, 1.165) is 4.68 Å². The van der Waals surface area contributed by atoms with E-state index in [-0.39, 0.29) is 5.56 Å². The van der Waals surface area contributed by atoms with Gasteiger partial charge in [-0.15, -0.1) is 0 Å². The van der Waals surface area contributed by atoms with Crippen LogP contribution in [0.1, 0.15) is 0 Å². The molecule has 0 fully saturated rings. The molecule has 0 spiro atoms. The number of hydrogen-bond acceptors (Lipinski definition) is 3. The first-order valence-electron chi connectivity index (χ1n) is 2.69. The second kappa shape index (κ2) is 3.46. The molecule has 0 aliphatic heterocycles. The van der Waals surface area contributed by atoms with E-state index in [0.29, 0.717) is 8.95 Å². The fourth-order valence-corrected chi connectivity index (χ4v) is 1.11. The largest absolute Gasteiger partial charge is 0.374 e. The molecule has 0 atom stereocenters. The molecule has 0 saturated heterocycles. The molecule has 0 aromatic carbocycles. The van der Waals surface area contributed by atoms with Gasteiger partial charge in [0.25, 0.3) is 5.56 Å². The average molecular weight is 284 g/mol. The normalized spacial score (nSPS) is 10.1. The van der Waals surface area contributed by atoms with Crippen molar-refractivity contribution in [3.8, 4) is 0 Å². The average Bonchev–Trinajstić information content (AvgIpc) is 2.01. The molecule has 0 saturated carbocycles. The minimum absolute atomic E-state index is 0.359. The summed E-state index contributed by atoms with van der Waals surface area (Å²) in [5, 5.41) is 12.2. The van der Waals surface area contributed by atoms with Crippen molar-refractivity contribution in [2.45, 2.75) is 6.73 Å². The molecule has 4 nitrogen and oxygen atoms in total. The van der Waals surface area contributed by atoms with Crippen molar-refractivity contribution in [3.63, 3.8) is 0 Å². The molecule has 1 N–H and O–H groups in total. The smallest absolute Gasteiger partial charge is 0.284 e. The summed E-state index contributed by atoms with van der Waals surface area (Å²) < 4.78 is 1.88. The van der Waals surface area contributed by atoms with Gasteiger partial charge in [-0.3, -0.25) is 4.79 Å².